The number of rotatable bonds is 3. The molecule has 2 heterocycles. The molecule has 1 fully saturated rings. The first-order valence-corrected chi connectivity index (χ1v) is 10.8. The fraction of sp³-hybridized carbons (Fsp3) is 0.409. The molecule has 0 saturated carbocycles. The van der Waals surface area contributed by atoms with Crippen LogP contribution in [0.15, 0.2) is 24.3 Å². The summed E-state index contributed by atoms with van der Waals surface area (Å²) < 4.78 is 13.1. The van der Waals surface area contributed by atoms with Gasteiger partial charge in [0.1, 0.15) is 16.9 Å². The maximum atomic E-state index is 13.1. The molecule has 0 spiro atoms. The number of halogens is 1. The van der Waals surface area contributed by atoms with Gasteiger partial charge in [-0.2, -0.15) is 5.26 Å². The highest BCUT2D eigenvalue weighted by Crippen LogP contribution is 2.38. The van der Waals surface area contributed by atoms with E-state index in [0.29, 0.717) is 35.6 Å². The Bertz CT molecular complexity index is 977. The van der Waals surface area contributed by atoms with Crippen LogP contribution < -0.4 is 5.32 Å². The number of fused-ring (bicyclic) bond motifs is 1. The summed E-state index contributed by atoms with van der Waals surface area (Å²) in [6.07, 6.45) is 5.49. The number of carbonyl (C=O) groups excluding carboxylic acids is 2. The van der Waals surface area contributed by atoms with Gasteiger partial charge in [-0.15, -0.1) is 11.3 Å². The molecule has 4 rings (SSSR count). The maximum Gasteiger partial charge on any atom is 0.253 e. The van der Waals surface area contributed by atoms with Crippen molar-refractivity contribution in [2.45, 2.75) is 38.5 Å². The van der Waals surface area contributed by atoms with Crippen molar-refractivity contribution in [2.75, 3.05) is 18.4 Å². The molecule has 1 atom stereocenters. The normalized spacial score (nSPS) is 18.6. The number of anilines is 1. The largest absolute Gasteiger partial charge is 0.338 e. The Morgan fingerprint density at radius 1 is 1.17 bits per heavy atom. The highest BCUT2D eigenvalue weighted by molar-refractivity contribution is 7.16. The van der Waals surface area contributed by atoms with E-state index >= 15 is 0 Å². The first-order chi connectivity index (χ1) is 14.1. The smallest absolute Gasteiger partial charge is 0.253 e. The van der Waals surface area contributed by atoms with E-state index in [0.717, 1.165) is 37.7 Å². The third kappa shape index (κ3) is 4.03. The highest BCUT2D eigenvalue weighted by atomic mass is 32.1. The van der Waals surface area contributed by atoms with E-state index in [1.807, 2.05) is 0 Å². The molecule has 1 unspecified atom stereocenters. The average Bonchev–Trinajstić information content (AvgIpc) is 3.10. The fourth-order valence-electron chi connectivity index (χ4n) is 4.14. The van der Waals surface area contributed by atoms with E-state index in [4.69, 9.17) is 0 Å². The number of benzene rings is 1. The van der Waals surface area contributed by atoms with Gasteiger partial charge >= 0.3 is 0 Å². The van der Waals surface area contributed by atoms with Crippen LogP contribution in [0.5, 0.6) is 0 Å². The lowest BCUT2D eigenvalue weighted by atomic mass is 9.95. The number of amides is 2. The minimum atomic E-state index is -0.385. The SMILES string of the molecule is N#Cc1c(NC(=O)C2CCCN(C(=O)c3ccc(F)cc3)C2)sc2c1CCCC2. The molecule has 7 heteroatoms. The highest BCUT2D eigenvalue weighted by Gasteiger charge is 2.30. The van der Waals surface area contributed by atoms with Gasteiger partial charge in [0.15, 0.2) is 0 Å². The molecule has 2 amide bonds. The Morgan fingerprint density at radius 2 is 1.93 bits per heavy atom. The lowest BCUT2D eigenvalue weighted by molar-refractivity contribution is -0.121. The fourth-order valence-corrected chi connectivity index (χ4v) is 5.38. The standard InChI is InChI=1S/C22H22FN3O2S/c23-16-9-7-14(8-10-16)22(28)26-11-3-4-15(13-26)20(27)25-21-18(12-24)17-5-1-2-6-19(17)29-21/h7-10,15H,1-6,11,13H2,(H,25,27). The third-order valence-corrected chi connectivity index (χ3v) is 6.90. The topological polar surface area (TPSA) is 73.2 Å². The third-order valence-electron chi connectivity index (χ3n) is 5.69. The number of thiophene rings is 1. The number of carbonyl (C=O) groups is 2. The van der Waals surface area contributed by atoms with Crippen LogP contribution in [0.25, 0.3) is 0 Å². The van der Waals surface area contributed by atoms with Crippen molar-refractivity contribution in [1.29, 1.82) is 5.26 Å². The Kier molecular flexibility index (Phi) is 5.63. The average molecular weight is 412 g/mol. The van der Waals surface area contributed by atoms with Gasteiger partial charge in [0.05, 0.1) is 11.5 Å². The van der Waals surface area contributed by atoms with Crippen molar-refractivity contribution < 1.29 is 14.0 Å². The van der Waals surface area contributed by atoms with Crippen LogP contribution in [0.2, 0.25) is 0 Å². The van der Waals surface area contributed by atoms with Crippen LogP contribution in [-0.4, -0.2) is 29.8 Å². The molecular formula is C22H22FN3O2S. The quantitative estimate of drug-likeness (QED) is 0.825. The molecule has 2 aliphatic rings. The molecule has 1 aromatic carbocycles. The minimum absolute atomic E-state index is 0.142. The maximum absolute atomic E-state index is 13.1. The van der Waals surface area contributed by atoms with Crippen molar-refractivity contribution in [3.8, 4) is 6.07 Å². The van der Waals surface area contributed by atoms with E-state index in [-0.39, 0.29) is 23.5 Å². The second-order valence-corrected chi connectivity index (χ2v) is 8.72. The molecule has 5 nitrogen and oxygen atoms in total. The number of likely N-dealkylation sites (tertiary alicyclic amines) is 1. The predicted molar refractivity (Wildman–Crippen MR) is 109 cm³/mol. The number of nitriles is 1. The lowest BCUT2D eigenvalue weighted by Gasteiger charge is -2.32. The van der Waals surface area contributed by atoms with E-state index in [9.17, 15) is 19.2 Å². The van der Waals surface area contributed by atoms with Crippen molar-refractivity contribution in [3.63, 3.8) is 0 Å². The number of hydrogen-bond acceptors (Lipinski definition) is 4. The molecule has 150 valence electrons. The molecule has 1 N–H and O–H groups in total. The monoisotopic (exact) mass is 411 g/mol. The Labute approximate surface area is 173 Å². The van der Waals surface area contributed by atoms with E-state index in [2.05, 4.69) is 11.4 Å². The number of nitrogens with one attached hydrogen (secondary N) is 1. The Morgan fingerprint density at radius 3 is 2.69 bits per heavy atom. The molecule has 2 aromatic rings. The summed E-state index contributed by atoms with van der Waals surface area (Å²) in [7, 11) is 0. The van der Waals surface area contributed by atoms with Gasteiger partial charge in [0.25, 0.3) is 5.91 Å². The molecule has 29 heavy (non-hydrogen) atoms. The number of piperidine rings is 1. The van der Waals surface area contributed by atoms with Crippen molar-refractivity contribution >= 4 is 28.2 Å². The van der Waals surface area contributed by atoms with Crippen LogP contribution in [-0.2, 0) is 17.6 Å². The summed E-state index contributed by atoms with van der Waals surface area (Å²) in [5.74, 6) is -1.04. The van der Waals surface area contributed by atoms with Crippen molar-refractivity contribution in [2.24, 2.45) is 5.92 Å². The minimum Gasteiger partial charge on any atom is -0.338 e. The molecular weight excluding hydrogens is 389 g/mol. The second-order valence-electron chi connectivity index (χ2n) is 7.61. The summed E-state index contributed by atoms with van der Waals surface area (Å²) in [4.78, 5) is 28.5. The van der Waals surface area contributed by atoms with Gasteiger partial charge in [-0.3, -0.25) is 9.59 Å². The summed E-state index contributed by atoms with van der Waals surface area (Å²) >= 11 is 1.51. The Hall–Kier alpha value is -2.72. The van der Waals surface area contributed by atoms with Gasteiger partial charge in [0, 0.05) is 23.5 Å². The van der Waals surface area contributed by atoms with Crippen LogP contribution in [0.4, 0.5) is 9.39 Å². The molecule has 1 aliphatic carbocycles. The lowest BCUT2D eigenvalue weighted by Crippen LogP contribution is -2.43. The Balaban J connectivity index is 1.45. The number of aryl methyl sites for hydroxylation is 1. The molecule has 0 radical (unpaired) electrons. The van der Waals surface area contributed by atoms with Gasteiger partial charge in [-0.1, -0.05) is 0 Å². The first-order valence-electron chi connectivity index (χ1n) is 9.97. The zero-order valence-electron chi connectivity index (χ0n) is 16.0. The summed E-state index contributed by atoms with van der Waals surface area (Å²) in [6.45, 7) is 0.908. The van der Waals surface area contributed by atoms with Crippen molar-refractivity contribution in [3.05, 3.63) is 51.7 Å². The second kappa shape index (κ2) is 8.34. The molecule has 1 aliphatic heterocycles. The van der Waals surface area contributed by atoms with Crippen LogP contribution in [0.3, 0.4) is 0 Å². The molecule has 0 bridgehead atoms. The van der Waals surface area contributed by atoms with Crippen LogP contribution in [0.1, 0.15) is 52.0 Å². The summed E-state index contributed by atoms with van der Waals surface area (Å²) in [5.41, 5.74) is 2.12. The van der Waals surface area contributed by atoms with Crippen LogP contribution >= 0.6 is 11.3 Å². The zero-order valence-corrected chi connectivity index (χ0v) is 16.9. The van der Waals surface area contributed by atoms with Gasteiger partial charge in [-0.05, 0) is 68.4 Å². The van der Waals surface area contributed by atoms with E-state index in [1.165, 1.54) is 40.5 Å². The molecule has 1 aromatic heterocycles. The molecule has 1 saturated heterocycles. The number of hydrogen-bond donors (Lipinski definition) is 1. The van der Waals surface area contributed by atoms with E-state index < -0.39 is 0 Å². The zero-order chi connectivity index (χ0) is 20.4. The summed E-state index contributed by atoms with van der Waals surface area (Å²) in [5, 5.41) is 13.2. The summed E-state index contributed by atoms with van der Waals surface area (Å²) in [6, 6.07) is 7.74. The van der Waals surface area contributed by atoms with Gasteiger partial charge in [0.2, 0.25) is 5.91 Å². The van der Waals surface area contributed by atoms with Gasteiger partial charge in [-0.25, -0.2) is 4.39 Å². The predicted octanol–water partition coefficient (Wildman–Crippen LogP) is 4.13. The van der Waals surface area contributed by atoms with Crippen LogP contribution in [0, 0.1) is 23.1 Å². The first kappa shape index (κ1) is 19.6. The van der Waals surface area contributed by atoms with Gasteiger partial charge < -0.3 is 10.2 Å². The van der Waals surface area contributed by atoms with Crippen molar-refractivity contribution in [1.82, 2.24) is 4.90 Å². The number of nitrogens with zero attached hydrogens (tertiary/aromatic N) is 2. The van der Waals surface area contributed by atoms with E-state index in [1.54, 1.807) is 4.90 Å².